The number of hydrogen-bond acceptors (Lipinski definition) is 4. The highest BCUT2D eigenvalue weighted by atomic mass is 16.5. The summed E-state index contributed by atoms with van der Waals surface area (Å²) in [7, 11) is 1.34. The maximum absolute atomic E-state index is 13.3. The molecule has 4 aliphatic carbocycles. The minimum Gasteiger partial charge on any atom is -0.467 e. The van der Waals surface area contributed by atoms with Crippen LogP contribution in [0.1, 0.15) is 49.7 Å². The zero-order chi connectivity index (χ0) is 19.0. The summed E-state index contributed by atoms with van der Waals surface area (Å²) in [5.41, 5.74) is 0.965. The second-order valence-corrected chi connectivity index (χ2v) is 8.72. The molecule has 0 radical (unpaired) electrons. The molecule has 5 heteroatoms. The van der Waals surface area contributed by atoms with Crippen LogP contribution in [-0.2, 0) is 20.7 Å². The van der Waals surface area contributed by atoms with Crippen molar-refractivity contribution in [1.29, 1.82) is 5.26 Å². The van der Waals surface area contributed by atoms with Crippen LogP contribution in [0.3, 0.4) is 0 Å². The van der Waals surface area contributed by atoms with Crippen molar-refractivity contribution in [2.45, 2.75) is 51.0 Å². The third kappa shape index (κ3) is 3.34. The van der Waals surface area contributed by atoms with Gasteiger partial charge in [0.2, 0.25) is 5.91 Å². The topological polar surface area (TPSA) is 79.2 Å². The first-order chi connectivity index (χ1) is 13.0. The molecule has 27 heavy (non-hydrogen) atoms. The Bertz CT molecular complexity index is 760. The highest BCUT2D eigenvalue weighted by molar-refractivity contribution is 5.88. The molecule has 4 bridgehead atoms. The Kier molecular flexibility index (Phi) is 4.67. The minimum absolute atomic E-state index is 0.00596. The molecule has 1 amide bonds. The van der Waals surface area contributed by atoms with Gasteiger partial charge >= 0.3 is 5.97 Å². The van der Waals surface area contributed by atoms with Crippen LogP contribution >= 0.6 is 0 Å². The van der Waals surface area contributed by atoms with Gasteiger partial charge in [-0.1, -0.05) is 18.2 Å². The number of carbonyl (C=O) groups excluding carboxylic acids is 2. The summed E-state index contributed by atoms with van der Waals surface area (Å²) in [4.78, 5) is 25.6. The van der Waals surface area contributed by atoms with Gasteiger partial charge in [0.25, 0.3) is 0 Å². The van der Waals surface area contributed by atoms with E-state index in [4.69, 9.17) is 4.74 Å². The number of amides is 1. The Morgan fingerprint density at radius 2 is 1.78 bits per heavy atom. The van der Waals surface area contributed by atoms with Crippen LogP contribution in [0.4, 0.5) is 0 Å². The number of ether oxygens (including phenoxy) is 1. The van der Waals surface area contributed by atoms with Crippen molar-refractivity contribution < 1.29 is 14.3 Å². The SMILES string of the molecule is COC(=O)[C@@H](Cc1ccccc1C#N)NC(=O)C12CC3CC(CC(C3)C1)C2. The number of methoxy groups -OCH3 is 1. The van der Waals surface area contributed by atoms with Gasteiger partial charge in [0, 0.05) is 11.8 Å². The largest absolute Gasteiger partial charge is 0.467 e. The summed E-state index contributed by atoms with van der Waals surface area (Å²) >= 11 is 0. The molecule has 5 nitrogen and oxygen atoms in total. The number of carbonyl (C=O) groups is 2. The van der Waals surface area contributed by atoms with Gasteiger partial charge < -0.3 is 10.1 Å². The fourth-order valence-corrected chi connectivity index (χ4v) is 6.06. The van der Waals surface area contributed by atoms with E-state index in [0.29, 0.717) is 23.3 Å². The normalized spacial score (nSPS) is 31.8. The molecule has 1 aromatic rings. The lowest BCUT2D eigenvalue weighted by Gasteiger charge is -2.55. The number of hydrogen-bond donors (Lipinski definition) is 1. The van der Waals surface area contributed by atoms with Crippen molar-refractivity contribution in [3.63, 3.8) is 0 Å². The molecular formula is C22H26N2O3. The number of nitriles is 1. The maximum Gasteiger partial charge on any atom is 0.328 e. The van der Waals surface area contributed by atoms with Gasteiger partial charge in [0.05, 0.1) is 18.7 Å². The molecule has 0 aromatic heterocycles. The predicted octanol–water partition coefficient (Wildman–Crippen LogP) is 2.97. The molecule has 1 atom stereocenters. The van der Waals surface area contributed by atoms with Crippen molar-refractivity contribution in [1.82, 2.24) is 5.32 Å². The average Bonchev–Trinajstić information content (AvgIpc) is 2.66. The highest BCUT2D eigenvalue weighted by Crippen LogP contribution is 2.60. The molecular weight excluding hydrogens is 340 g/mol. The monoisotopic (exact) mass is 366 g/mol. The van der Waals surface area contributed by atoms with Gasteiger partial charge in [0.15, 0.2) is 0 Å². The number of nitrogens with one attached hydrogen (secondary N) is 1. The average molecular weight is 366 g/mol. The van der Waals surface area contributed by atoms with Gasteiger partial charge in [-0.3, -0.25) is 4.79 Å². The molecule has 0 saturated heterocycles. The van der Waals surface area contributed by atoms with Crippen molar-refractivity contribution >= 4 is 11.9 Å². The number of nitrogens with zero attached hydrogens (tertiary/aromatic N) is 1. The van der Waals surface area contributed by atoms with Crippen molar-refractivity contribution in [3.8, 4) is 6.07 Å². The Balaban J connectivity index is 1.53. The summed E-state index contributed by atoms with van der Waals surface area (Å²) in [6.07, 6.45) is 6.93. The summed E-state index contributed by atoms with van der Waals surface area (Å²) in [6.45, 7) is 0. The smallest absolute Gasteiger partial charge is 0.328 e. The van der Waals surface area contributed by atoms with Crippen LogP contribution in [0.2, 0.25) is 0 Å². The Morgan fingerprint density at radius 3 is 2.33 bits per heavy atom. The first-order valence-electron chi connectivity index (χ1n) is 9.90. The van der Waals surface area contributed by atoms with Gasteiger partial charge in [0.1, 0.15) is 6.04 Å². The molecule has 1 aromatic carbocycles. The Morgan fingerprint density at radius 1 is 1.19 bits per heavy atom. The lowest BCUT2D eigenvalue weighted by atomic mass is 9.49. The molecule has 142 valence electrons. The van der Waals surface area contributed by atoms with Crippen LogP contribution in [0, 0.1) is 34.5 Å². The zero-order valence-electron chi connectivity index (χ0n) is 15.7. The van der Waals surface area contributed by atoms with Crippen LogP contribution < -0.4 is 5.32 Å². The van der Waals surface area contributed by atoms with E-state index >= 15 is 0 Å². The van der Waals surface area contributed by atoms with Gasteiger partial charge in [-0.15, -0.1) is 0 Å². The number of esters is 1. The van der Waals surface area contributed by atoms with E-state index in [-0.39, 0.29) is 17.7 Å². The highest BCUT2D eigenvalue weighted by Gasteiger charge is 2.55. The molecule has 4 saturated carbocycles. The third-order valence-electron chi connectivity index (χ3n) is 6.87. The Hall–Kier alpha value is -2.35. The minimum atomic E-state index is -0.759. The van der Waals surface area contributed by atoms with Gasteiger partial charge in [-0.05, 0) is 67.9 Å². The first-order valence-corrected chi connectivity index (χ1v) is 9.90. The van der Waals surface area contributed by atoms with Crippen molar-refractivity contribution in [3.05, 3.63) is 35.4 Å². The van der Waals surface area contributed by atoms with Gasteiger partial charge in [-0.25, -0.2) is 4.79 Å². The summed E-state index contributed by atoms with van der Waals surface area (Å²) in [6, 6.07) is 8.58. The molecule has 0 spiro atoms. The first kappa shape index (κ1) is 18.0. The van der Waals surface area contributed by atoms with Crippen LogP contribution in [0.25, 0.3) is 0 Å². The summed E-state index contributed by atoms with van der Waals surface area (Å²) < 4.78 is 4.94. The molecule has 1 N–H and O–H groups in total. The lowest BCUT2D eigenvalue weighted by molar-refractivity contribution is -0.152. The molecule has 0 aliphatic heterocycles. The van der Waals surface area contributed by atoms with E-state index in [9.17, 15) is 14.9 Å². The third-order valence-corrected chi connectivity index (χ3v) is 6.87. The second kappa shape index (κ2) is 6.99. The molecule has 5 rings (SSSR count). The predicted molar refractivity (Wildman–Crippen MR) is 99.4 cm³/mol. The van der Waals surface area contributed by atoms with E-state index in [1.54, 1.807) is 12.1 Å². The van der Waals surface area contributed by atoms with E-state index in [1.165, 1.54) is 26.4 Å². The molecule has 0 heterocycles. The van der Waals surface area contributed by atoms with Crippen molar-refractivity contribution in [2.24, 2.45) is 23.2 Å². The molecule has 0 unspecified atom stereocenters. The van der Waals surface area contributed by atoms with E-state index in [2.05, 4.69) is 11.4 Å². The zero-order valence-corrected chi connectivity index (χ0v) is 15.7. The number of rotatable bonds is 5. The standard InChI is InChI=1S/C22H26N2O3/c1-27-20(25)19(9-17-4-2-3-5-18(17)13-23)24-21(26)22-10-14-6-15(11-22)8-16(7-14)12-22/h2-5,14-16,19H,6-12H2,1H3,(H,24,26)/t14?,15?,16?,19-,22?/m1/s1. The Labute approximate surface area is 160 Å². The van der Waals surface area contributed by atoms with Crippen LogP contribution in [-0.4, -0.2) is 25.0 Å². The van der Waals surface area contributed by atoms with Gasteiger partial charge in [-0.2, -0.15) is 5.26 Å². The van der Waals surface area contributed by atoms with Crippen LogP contribution in [0.5, 0.6) is 0 Å². The fourth-order valence-electron chi connectivity index (χ4n) is 6.06. The summed E-state index contributed by atoms with van der Waals surface area (Å²) in [5, 5.41) is 12.3. The molecule has 4 fully saturated rings. The quantitative estimate of drug-likeness (QED) is 0.813. The fraction of sp³-hybridized carbons (Fsp3) is 0.591. The molecule has 4 aliphatic rings. The number of benzene rings is 1. The van der Waals surface area contributed by atoms with Crippen LogP contribution in [0.15, 0.2) is 24.3 Å². The second-order valence-electron chi connectivity index (χ2n) is 8.72. The van der Waals surface area contributed by atoms with E-state index in [1.807, 2.05) is 12.1 Å². The summed E-state index contributed by atoms with van der Waals surface area (Å²) in [5.74, 6) is 1.54. The van der Waals surface area contributed by atoms with E-state index in [0.717, 1.165) is 24.8 Å². The van der Waals surface area contributed by atoms with Crippen molar-refractivity contribution in [2.75, 3.05) is 7.11 Å². The lowest BCUT2D eigenvalue weighted by Crippen LogP contribution is -2.56. The maximum atomic E-state index is 13.3. The van der Waals surface area contributed by atoms with E-state index < -0.39 is 12.0 Å².